The molecule has 0 fully saturated rings. The number of urea groups is 1. The molecule has 0 saturated heterocycles. The normalized spacial score (nSPS) is 12.1. The van der Waals surface area contributed by atoms with Crippen LogP contribution < -0.4 is 16.2 Å². The van der Waals surface area contributed by atoms with Crippen molar-refractivity contribution in [2.45, 2.75) is 26.3 Å². The molecule has 0 aliphatic heterocycles. The molecule has 0 aliphatic carbocycles. The number of oxime groups is 1. The van der Waals surface area contributed by atoms with E-state index in [4.69, 9.17) is 16.8 Å². The first-order valence-electron chi connectivity index (χ1n) is 5.64. The van der Waals surface area contributed by atoms with Crippen LogP contribution in [0.15, 0.2) is 29.4 Å². The second-order valence-corrected chi connectivity index (χ2v) is 4.96. The van der Waals surface area contributed by atoms with Crippen molar-refractivity contribution in [1.29, 1.82) is 0 Å². The predicted octanol–water partition coefficient (Wildman–Crippen LogP) is 2.59. The Hall–Kier alpha value is -1.79. The van der Waals surface area contributed by atoms with E-state index >= 15 is 0 Å². The number of carbonyl (C=O) groups excluding carboxylic acids is 1. The maximum Gasteiger partial charge on any atom is 0.333 e. The second-order valence-electron chi connectivity index (χ2n) is 4.52. The number of amides is 2. The van der Waals surface area contributed by atoms with Crippen LogP contribution >= 0.6 is 11.6 Å². The van der Waals surface area contributed by atoms with E-state index < -0.39 is 11.6 Å². The van der Waals surface area contributed by atoms with E-state index in [-0.39, 0.29) is 0 Å². The highest BCUT2D eigenvalue weighted by atomic mass is 35.5. The molecule has 0 aliphatic rings. The van der Waals surface area contributed by atoms with Crippen molar-refractivity contribution in [3.63, 3.8) is 0 Å². The van der Waals surface area contributed by atoms with Gasteiger partial charge >= 0.3 is 6.03 Å². The van der Waals surface area contributed by atoms with Crippen molar-refractivity contribution >= 4 is 29.0 Å². The Bertz CT molecular complexity index is 471. The van der Waals surface area contributed by atoms with Crippen LogP contribution in [0, 0.1) is 0 Å². The molecule has 0 saturated carbocycles. The molecule has 2 amide bonds. The van der Waals surface area contributed by atoms with Gasteiger partial charge in [0.05, 0.1) is 11.3 Å². The van der Waals surface area contributed by atoms with Gasteiger partial charge in [0.2, 0.25) is 0 Å². The lowest BCUT2D eigenvalue weighted by molar-refractivity contribution is 0.243. The summed E-state index contributed by atoms with van der Waals surface area (Å²) in [5, 5.41) is 15.0. The molecule has 0 aromatic heterocycles. The van der Waals surface area contributed by atoms with Gasteiger partial charge in [-0.15, -0.1) is 0 Å². The number of nitrogens with one attached hydrogen (secondary N) is 3. The number of hydrogen-bond acceptors (Lipinski definition) is 4. The number of hydrogen-bond donors (Lipinski definition) is 4. The van der Waals surface area contributed by atoms with Crippen LogP contribution in [-0.2, 0) is 0 Å². The number of anilines is 1. The van der Waals surface area contributed by atoms with Gasteiger partial charge in [-0.3, -0.25) is 5.43 Å². The molecule has 6 nitrogen and oxygen atoms in total. The second kappa shape index (κ2) is 6.40. The van der Waals surface area contributed by atoms with E-state index in [0.717, 1.165) is 0 Å². The van der Waals surface area contributed by atoms with Crippen LogP contribution in [0.1, 0.15) is 20.8 Å². The molecule has 0 heterocycles. The minimum absolute atomic E-state index is 0.430. The van der Waals surface area contributed by atoms with E-state index in [0.29, 0.717) is 16.4 Å². The summed E-state index contributed by atoms with van der Waals surface area (Å²) in [6, 6.07) is 6.30. The lowest BCUT2D eigenvalue weighted by Gasteiger charge is -2.25. The van der Waals surface area contributed by atoms with Gasteiger partial charge in [0, 0.05) is 10.7 Å². The summed E-state index contributed by atoms with van der Waals surface area (Å²) in [5.41, 5.74) is 5.64. The zero-order valence-corrected chi connectivity index (χ0v) is 11.7. The molecule has 104 valence electrons. The molecule has 1 aromatic carbocycles. The first-order valence-corrected chi connectivity index (χ1v) is 6.02. The van der Waals surface area contributed by atoms with Crippen LogP contribution in [-0.4, -0.2) is 22.5 Å². The largest absolute Gasteiger partial charge is 0.411 e. The zero-order valence-electron chi connectivity index (χ0n) is 11.0. The van der Waals surface area contributed by atoms with Crippen LogP contribution in [0.2, 0.25) is 5.02 Å². The minimum Gasteiger partial charge on any atom is -0.411 e. The molecule has 7 heteroatoms. The molecular formula is C12H17ClN4O2. The van der Waals surface area contributed by atoms with Gasteiger partial charge < -0.3 is 10.5 Å². The number of hydrazine groups is 1. The van der Waals surface area contributed by atoms with Crippen LogP contribution in [0.4, 0.5) is 10.5 Å². The van der Waals surface area contributed by atoms with E-state index in [1.54, 1.807) is 45.0 Å². The van der Waals surface area contributed by atoms with Gasteiger partial charge in [0.25, 0.3) is 0 Å². The monoisotopic (exact) mass is 284 g/mol. The summed E-state index contributed by atoms with van der Waals surface area (Å²) in [6.07, 6.45) is 0. The fourth-order valence-corrected chi connectivity index (χ4v) is 1.25. The summed E-state index contributed by atoms with van der Waals surface area (Å²) in [4.78, 5) is 11.6. The Morgan fingerprint density at radius 2 is 1.89 bits per heavy atom. The molecule has 19 heavy (non-hydrogen) atoms. The third kappa shape index (κ3) is 4.76. The number of benzene rings is 1. The number of nitrogens with zero attached hydrogens (tertiary/aromatic N) is 1. The van der Waals surface area contributed by atoms with Crippen LogP contribution in [0.25, 0.3) is 0 Å². The van der Waals surface area contributed by atoms with E-state index in [9.17, 15) is 4.79 Å². The smallest absolute Gasteiger partial charge is 0.333 e. The Morgan fingerprint density at radius 1 is 1.32 bits per heavy atom. The lowest BCUT2D eigenvalue weighted by atomic mass is 10.0. The average Bonchev–Trinajstić information content (AvgIpc) is 2.38. The first kappa shape index (κ1) is 15.3. The molecule has 0 bridgehead atoms. The zero-order chi connectivity index (χ0) is 14.5. The molecule has 4 N–H and O–H groups in total. The Kier molecular flexibility index (Phi) is 5.14. The SMILES string of the molecule is C/C(=N\O)C(C)(C)NNC(=O)Nc1ccc(Cl)cc1. The Labute approximate surface area is 116 Å². The molecule has 1 rings (SSSR count). The van der Waals surface area contributed by atoms with Crippen LogP contribution in [0.3, 0.4) is 0 Å². The highest BCUT2D eigenvalue weighted by molar-refractivity contribution is 6.30. The van der Waals surface area contributed by atoms with E-state index in [1.165, 1.54) is 0 Å². The highest BCUT2D eigenvalue weighted by Gasteiger charge is 2.22. The highest BCUT2D eigenvalue weighted by Crippen LogP contribution is 2.13. The third-order valence-corrected chi connectivity index (χ3v) is 2.90. The van der Waals surface area contributed by atoms with E-state index in [1.807, 2.05) is 0 Å². The van der Waals surface area contributed by atoms with Gasteiger partial charge in [-0.05, 0) is 45.0 Å². The Morgan fingerprint density at radius 3 is 2.42 bits per heavy atom. The number of rotatable bonds is 4. The van der Waals surface area contributed by atoms with Crippen molar-refractivity contribution in [3.8, 4) is 0 Å². The maximum atomic E-state index is 11.6. The number of carbonyl (C=O) groups is 1. The summed E-state index contributed by atoms with van der Waals surface area (Å²) in [5.74, 6) is 0. The molecule has 0 atom stereocenters. The van der Waals surface area contributed by atoms with Gasteiger partial charge in [0.1, 0.15) is 0 Å². The Balaban J connectivity index is 2.50. The summed E-state index contributed by atoms with van der Waals surface area (Å²) >= 11 is 5.74. The average molecular weight is 285 g/mol. The van der Waals surface area contributed by atoms with Gasteiger partial charge in [-0.25, -0.2) is 10.2 Å². The predicted molar refractivity (Wildman–Crippen MR) is 75.7 cm³/mol. The molecule has 0 radical (unpaired) electrons. The van der Waals surface area contributed by atoms with Crippen molar-refractivity contribution in [1.82, 2.24) is 10.9 Å². The van der Waals surface area contributed by atoms with Gasteiger partial charge in [-0.2, -0.15) is 0 Å². The fraction of sp³-hybridized carbons (Fsp3) is 0.333. The fourth-order valence-electron chi connectivity index (χ4n) is 1.12. The van der Waals surface area contributed by atoms with Gasteiger partial charge in [-0.1, -0.05) is 16.8 Å². The summed E-state index contributed by atoms with van der Waals surface area (Å²) in [7, 11) is 0. The molecule has 0 spiro atoms. The van der Waals surface area contributed by atoms with Crippen molar-refractivity contribution in [3.05, 3.63) is 29.3 Å². The van der Waals surface area contributed by atoms with Crippen molar-refractivity contribution in [2.75, 3.05) is 5.32 Å². The quantitative estimate of drug-likeness (QED) is 0.389. The topological polar surface area (TPSA) is 85.8 Å². The minimum atomic E-state index is -0.661. The summed E-state index contributed by atoms with van der Waals surface area (Å²) < 4.78 is 0. The van der Waals surface area contributed by atoms with Crippen LogP contribution in [0.5, 0.6) is 0 Å². The molecule has 1 aromatic rings. The molecule has 0 unspecified atom stereocenters. The summed E-state index contributed by atoms with van der Waals surface area (Å²) in [6.45, 7) is 5.18. The van der Waals surface area contributed by atoms with Gasteiger partial charge in [0.15, 0.2) is 0 Å². The first-order chi connectivity index (χ1) is 8.85. The number of halogens is 1. The standard InChI is InChI=1S/C12H17ClN4O2/c1-8(16-19)12(2,3)17-15-11(18)14-10-6-4-9(13)5-7-10/h4-7,17,19H,1-3H3,(H2,14,15,18)/b16-8+. The maximum absolute atomic E-state index is 11.6. The third-order valence-electron chi connectivity index (χ3n) is 2.65. The van der Waals surface area contributed by atoms with Crippen molar-refractivity contribution < 1.29 is 10.0 Å². The lowest BCUT2D eigenvalue weighted by Crippen LogP contribution is -2.55. The molecular weight excluding hydrogens is 268 g/mol. The van der Waals surface area contributed by atoms with E-state index in [2.05, 4.69) is 21.3 Å². The van der Waals surface area contributed by atoms with Crippen molar-refractivity contribution in [2.24, 2.45) is 5.16 Å².